The van der Waals surface area contributed by atoms with Crippen LogP contribution in [0.5, 0.6) is 0 Å². The second-order valence-electron chi connectivity index (χ2n) is 5.20. The predicted molar refractivity (Wildman–Crippen MR) is 78.9 cm³/mol. The lowest BCUT2D eigenvalue weighted by Gasteiger charge is -2.32. The molecule has 22 heavy (non-hydrogen) atoms. The number of carboxylic acid groups (broad SMARTS) is 1. The van der Waals surface area contributed by atoms with Crippen LogP contribution in [-0.2, 0) is 14.8 Å². The Bertz CT molecular complexity index is 663. The number of hydrogen-bond acceptors (Lipinski definition) is 4. The summed E-state index contributed by atoms with van der Waals surface area (Å²) in [5, 5.41) is 11.5. The first kappa shape index (κ1) is 16.4. The molecule has 120 valence electrons. The van der Waals surface area contributed by atoms with Crippen LogP contribution in [0.15, 0.2) is 29.2 Å². The topological polar surface area (TPSA) is 113 Å². The van der Waals surface area contributed by atoms with Gasteiger partial charge < -0.3 is 10.4 Å². The van der Waals surface area contributed by atoms with Crippen LogP contribution in [0.1, 0.15) is 30.1 Å². The van der Waals surface area contributed by atoms with Crippen LogP contribution in [-0.4, -0.2) is 38.0 Å². The summed E-state index contributed by atoms with van der Waals surface area (Å²) < 4.78 is 25.9. The first-order valence-corrected chi connectivity index (χ1v) is 8.45. The molecular formula is C14H18N2O5S. The molecule has 0 saturated heterocycles. The molecule has 0 spiro atoms. The summed E-state index contributed by atoms with van der Waals surface area (Å²) >= 11 is 0. The highest BCUT2D eigenvalue weighted by Crippen LogP contribution is 2.27. The molecule has 1 aromatic carbocycles. The van der Waals surface area contributed by atoms with E-state index in [1.165, 1.54) is 24.3 Å². The lowest BCUT2D eigenvalue weighted by molar-refractivity contribution is -0.145. The van der Waals surface area contributed by atoms with Gasteiger partial charge in [-0.15, -0.1) is 0 Å². The van der Waals surface area contributed by atoms with E-state index in [4.69, 9.17) is 5.11 Å². The summed E-state index contributed by atoms with van der Waals surface area (Å²) in [5.74, 6) is -1.57. The van der Waals surface area contributed by atoms with Gasteiger partial charge in [-0.05, 0) is 37.1 Å². The molecule has 3 N–H and O–H groups in total. The van der Waals surface area contributed by atoms with Gasteiger partial charge in [0, 0.05) is 18.2 Å². The minimum absolute atomic E-state index is 0.0977. The van der Waals surface area contributed by atoms with Crippen molar-refractivity contribution in [1.29, 1.82) is 0 Å². The quantitative estimate of drug-likeness (QED) is 0.708. The van der Waals surface area contributed by atoms with Crippen molar-refractivity contribution in [3.05, 3.63) is 29.8 Å². The fourth-order valence-corrected chi connectivity index (χ4v) is 3.31. The summed E-state index contributed by atoms with van der Waals surface area (Å²) in [6.45, 7) is 1.97. The first-order chi connectivity index (χ1) is 10.3. The van der Waals surface area contributed by atoms with Gasteiger partial charge >= 0.3 is 5.97 Å². The molecule has 0 aromatic heterocycles. The zero-order chi connectivity index (χ0) is 16.3. The number of carbonyl (C=O) groups excluding carboxylic acids is 1. The molecule has 0 unspecified atom stereocenters. The standard InChI is InChI=1S/C14H18N2O5S/c1-2-15-22(20,21)12-5-3-9(4-6-12)13(17)16-11-7-10(8-11)14(18)19/h3-6,10-11,15H,2,7-8H2,1H3,(H,16,17)(H,18,19). The molecule has 1 aliphatic carbocycles. The van der Waals surface area contributed by atoms with Gasteiger partial charge in [-0.25, -0.2) is 13.1 Å². The second-order valence-corrected chi connectivity index (χ2v) is 6.97. The Labute approximate surface area is 128 Å². The number of nitrogens with one attached hydrogen (secondary N) is 2. The Morgan fingerprint density at radius 3 is 2.32 bits per heavy atom. The maximum atomic E-state index is 12.0. The van der Waals surface area contributed by atoms with Gasteiger partial charge in [0.2, 0.25) is 10.0 Å². The number of sulfonamides is 1. The zero-order valence-electron chi connectivity index (χ0n) is 12.1. The fourth-order valence-electron chi connectivity index (χ4n) is 2.26. The number of carbonyl (C=O) groups is 2. The van der Waals surface area contributed by atoms with Gasteiger partial charge in [-0.3, -0.25) is 9.59 Å². The minimum Gasteiger partial charge on any atom is -0.481 e. The third-order valence-corrected chi connectivity index (χ3v) is 5.15. The van der Waals surface area contributed by atoms with Crippen molar-refractivity contribution in [2.45, 2.75) is 30.7 Å². The van der Waals surface area contributed by atoms with Crippen molar-refractivity contribution in [2.24, 2.45) is 5.92 Å². The van der Waals surface area contributed by atoms with Crippen molar-refractivity contribution < 1.29 is 23.1 Å². The number of hydrogen-bond donors (Lipinski definition) is 3. The number of carboxylic acids is 1. The number of amides is 1. The minimum atomic E-state index is -3.53. The first-order valence-electron chi connectivity index (χ1n) is 6.97. The molecule has 0 radical (unpaired) electrons. The van der Waals surface area contributed by atoms with Crippen LogP contribution < -0.4 is 10.0 Å². The van der Waals surface area contributed by atoms with Gasteiger partial charge in [0.1, 0.15) is 0 Å². The summed E-state index contributed by atoms with van der Waals surface area (Å²) in [6, 6.07) is 5.47. The molecule has 0 heterocycles. The summed E-state index contributed by atoms with van der Waals surface area (Å²) in [6.07, 6.45) is 0.849. The maximum Gasteiger partial charge on any atom is 0.306 e. The van der Waals surface area contributed by atoms with Crippen LogP contribution >= 0.6 is 0 Å². The van der Waals surface area contributed by atoms with Crippen LogP contribution in [0.3, 0.4) is 0 Å². The molecule has 2 rings (SSSR count). The van der Waals surface area contributed by atoms with Crippen molar-refractivity contribution >= 4 is 21.9 Å². The third-order valence-electron chi connectivity index (χ3n) is 3.58. The fraction of sp³-hybridized carbons (Fsp3) is 0.429. The van der Waals surface area contributed by atoms with Gasteiger partial charge in [0.05, 0.1) is 10.8 Å². The molecule has 0 atom stereocenters. The molecule has 8 heteroatoms. The molecular weight excluding hydrogens is 308 g/mol. The molecule has 1 aromatic rings. The van der Waals surface area contributed by atoms with Crippen LogP contribution in [0, 0.1) is 5.92 Å². The van der Waals surface area contributed by atoms with E-state index in [2.05, 4.69) is 10.0 Å². The molecule has 1 saturated carbocycles. The van der Waals surface area contributed by atoms with Crippen molar-refractivity contribution in [2.75, 3.05) is 6.54 Å². The van der Waals surface area contributed by atoms with E-state index in [0.717, 1.165) is 0 Å². The second kappa shape index (κ2) is 6.45. The van der Waals surface area contributed by atoms with Crippen LogP contribution in [0.2, 0.25) is 0 Å². The Morgan fingerprint density at radius 1 is 1.23 bits per heavy atom. The Kier molecular flexibility index (Phi) is 4.82. The maximum absolute atomic E-state index is 12.0. The number of benzene rings is 1. The van der Waals surface area contributed by atoms with E-state index < -0.39 is 21.9 Å². The molecule has 1 amide bonds. The highest BCUT2D eigenvalue weighted by molar-refractivity contribution is 7.89. The van der Waals surface area contributed by atoms with E-state index >= 15 is 0 Å². The summed E-state index contributed by atoms with van der Waals surface area (Å²) in [4.78, 5) is 22.8. The molecule has 0 bridgehead atoms. The number of aliphatic carboxylic acids is 1. The largest absolute Gasteiger partial charge is 0.481 e. The van der Waals surface area contributed by atoms with Crippen LogP contribution in [0.4, 0.5) is 0 Å². The predicted octanol–water partition coefficient (Wildman–Crippen LogP) is 0.578. The van der Waals surface area contributed by atoms with Crippen molar-refractivity contribution in [3.63, 3.8) is 0 Å². The van der Waals surface area contributed by atoms with E-state index in [9.17, 15) is 18.0 Å². The monoisotopic (exact) mass is 326 g/mol. The highest BCUT2D eigenvalue weighted by Gasteiger charge is 2.35. The normalized spacial score (nSPS) is 21.0. The van der Waals surface area contributed by atoms with E-state index in [1.807, 2.05) is 0 Å². The van der Waals surface area contributed by atoms with Gasteiger partial charge in [-0.1, -0.05) is 6.92 Å². The molecule has 1 aliphatic rings. The van der Waals surface area contributed by atoms with E-state index in [0.29, 0.717) is 18.4 Å². The van der Waals surface area contributed by atoms with Crippen molar-refractivity contribution in [1.82, 2.24) is 10.0 Å². The average Bonchev–Trinajstić information content (AvgIpc) is 2.41. The SMILES string of the molecule is CCNS(=O)(=O)c1ccc(C(=O)NC2CC(C(=O)O)C2)cc1. The Morgan fingerprint density at radius 2 is 1.82 bits per heavy atom. The Balaban J connectivity index is 1.96. The molecule has 7 nitrogen and oxygen atoms in total. The highest BCUT2D eigenvalue weighted by atomic mass is 32.2. The van der Waals surface area contributed by atoms with Crippen molar-refractivity contribution in [3.8, 4) is 0 Å². The third kappa shape index (κ3) is 3.63. The summed E-state index contributed by atoms with van der Waals surface area (Å²) in [5.41, 5.74) is 0.342. The average molecular weight is 326 g/mol. The van der Waals surface area contributed by atoms with E-state index in [1.54, 1.807) is 6.92 Å². The molecule has 0 aliphatic heterocycles. The van der Waals surface area contributed by atoms with Gasteiger partial charge in [0.15, 0.2) is 0 Å². The summed E-state index contributed by atoms with van der Waals surface area (Å²) in [7, 11) is -3.53. The van der Waals surface area contributed by atoms with Gasteiger partial charge in [0.25, 0.3) is 5.91 Å². The van der Waals surface area contributed by atoms with Crippen LogP contribution in [0.25, 0.3) is 0 Å². The Hall–Kier alpha value is -1.93. The van der Waals surface area contributed by atoms with Gasteiger partial charge in [-0.2, -0.15) is 0 Å². The number of rotatable bonds is 6. The van der Waals surface area contributed by atoms with E-state index in [-0.39, 0.29) is 23.4 Å². The zero-order valence-corrected chi connectivity index (χ0v) is 12.9. The lowest BCUT2D eigenvalue weighted by Crippen LogP contribution is -2.46. The molecule has 1 fully saturated rings. The smallest absolute Gasteiger partial charge is 0.306 e. The lowest BCUT2D eigenvalue weighted by atomic mass is 9.80.